The summed E-state index contributed by atoms with van der Waals surface area (Å²) in [6.45, 7) is 12.2. The van der Waals surface area contributed by atoms with Gasteiger partial charge in [0.25, 0.3) is 5.91 Å². The first-order valence-corrected chi connectivity index (χ1v) is 9.75. The van der Waals surface area contributed by atoms with Crippen LogP contribution in [0.15, 0.2) is 18.3 Å². The maximum atomic E-state index is 12.6. The van der Waals surface area contributed by atoms with Crippen LogP contribution in [0.2, 0.25) is 0 Å². The maximum absolute atomic E-state index is 12.6. The number of carbonyl (C=O) groups excluding carboxylic acids is 1. The zero-order valence-corrected chi connectivity index (χ0v) is 15.9. The Hall–Kier alpha value is -1.62. The Morgan fingerprint density at radius 2 is 2.04 bits per heavy atom. The zero-order valence-electron chi connectivity index (χ0n) is 15.9. The number of carbonyl (C=O) groups is 1. The van der Waals surface area contributed by atoms with Gasteiger partial charge >= 0.3 is 0 Å². The second-order valence-electron chi connectivity index (χ2n) is 8.18. The number of pyridine rings is 1. The van der Waals surface area contributed by atoms with Gasteiger partial charge in [-0.05, 0) is 43.2 Å². The molecule has 1 atom stereocenters. The average Bonchev–Trinajstić information content (AvgIpc) is 3.03. The number of anilines is 1. The van der Waals surface area contributed by atoms with Crippen LogP contribution in [0.1, 0.15) is 50.4 Å². The van der Waals surface area contributed by atoms with E-state index in [1.165, 1.54) is 6.42 Å². The molecule has 2 fully saturated rings. The van der Waals surface area contributed by atoms with Crippen molar-refractivity contribution in [3.63, 3.8) is 0 Å². The number of hydrogen-bond acceptors (Lipinski definition) is 4. The highest BCUT2D eigenvalue weighted by Crippen LogP contribution is 2.22. The number of piperidine rings is 1. The van der Waals surface area contributed by atoms with Gasteiger partial charge in [0.05, 0.1) is 0 Å². The molecule has 0 aliphatic carbocycles. The lowest BCUT2D eigenvalue weighted by atomic mass is 10.0. The monoisotopic (exact) mass is 344 g/mol. The molecule has 0 bridgehead atoms. The van der Waals surface area contributed by atoms with E-state index < -0.39 is 0 Å². The van der Waals surface area contributed by atoms with E-state index in [9.17, 15) is 4.79 Å². The Balaban J connectivity index is 1.53. The summed E-state index contributed by atoms with van der Waals surface area (Å²) < 4.78 is 0. The molecule has 1 N–H and O–H groups in total. The first-order chi connectivity index (χ1) is 12.0. The van der Waals surface area contributed by atoms with Gasteiger partial charge in [0.15, 0.2) is 0 Å². The van der Waals surface area contributed by atoms with Gasteiger partial charge in [-0.2, -0.15) is 0 Å². The topological polar surface area (TPSA) is 48.5 Å². The van der Waals surface area contributed by atoms with Crippen molar-refractivity contribution >= 4 is 11.7 Å². The van der Waals surface area contributed by atoms with Crippen molar-refractivity contribution in [1.29, 1.82) is 0 Å². The van der Waals surface area contributed by atoms with Crippen molar-refractivity contribution in [1.82, 2.24) is 15.2 Å². The fourth-order valence-electron chi connectivity index (χ4n) is 3.92. The minimum absolute atomic E-state index is 0.0400. The molecule has 0 spiro atoms. The van der Waals surface area contributed by atoms with Crippen LogP contribution >= 0.6 is 0 Å². The lowest BCUT2D eigenvalue weighted by molar-refractivity contribution is 0.0907. The average molecular weight is 345 g/mol. The number of likely N-dealkylation sites (tertiary alicyclic amines) is 1. The second-order valence-corrected chi connectivity index (χ2v) is 8.18. The molecular formula is C20H32N4O. The Morgan fingerprint density at radius 1 is 1.28 bits per heavy atom. The van der Waals surface area contributed by atoms with Gasteiger partial charge in [0, 0.05) is 50.5 Å². The molecule has 5 nitrogen and oxygen atoms in total. The second kappa shape index (κ2) is 8.17. The van der Waals surface area contributed by atoms with Crippen LogP contribution in [0.25, 0.3) is 0 Å². The Morgan fingerprint density at radius 3 is 2.68 bits per heavy atom. The van der Waals surface area contributed by atoms with Crippen LogP contribution in [0.4, 0.5) is 5.82 Å². The molecular weight excluding hydrogens is 312 g/mol. The van der Waals surface area contributed by atoms with E-state index in [1.54, 1.807) is 6.20 Å². The third kappa shape index (κ3) is 4.94. The summed E-state index contributed by atoms with van der Waals surface area (Å²) in [4.78, 5) is 21.9. The van der Waals surface area contributed by atoms with Crippen molar-refractivity contribution in [2.45, 2.75) is 46.1 Å². The number of rotatable bonds is 5. The largest absolute Gasteiger partial charge is 0.356 e. The van der Waals surface area contributed by atoms with Crippen LogP contribution in [-0.4, -0.2) is 54.6 Å². The molecule has 2 saturated heterocycles. The van der Waals surface area contributed by atoms with Crippen LogP contribution in [0.5, 0.6) is 0 Å². The molecule has 25 heavy (non-hydrogen) atoms. The highest BCUT2D eigenvalue weighted by Gasteiger charge is 2.23. The van der Waals surface area contributed by atoms with Crippen molar-refractivity contribution < 1.29 is 4.79 Å². The quantitative estimate of drug-likeness (QED) is 0.892. The Labute approximate surface area is 151 Å². The predicted octanol–water partition coefficient (Wildman–Crippen LogP) is 2.78. The molecule has 3 heterocycles. The van der Waals surface area contributed by atoms with Gasteiger partial charge in [-0.25, -0.2) is 4.98 Å². The Bertz CT molecular complexity index is 581. The minimum Gasteiger partial charge on any atom is -0.356 e. The van der Waals surface area contributed by atoms with Gasteiger partial charge in [-0.1, -0.05) is 20.8 Å². The number of nitrogens with one attached hydrogen (secondary N) is 1. The number of hydrogen-bond donors (Lipinski definition) is 1. The molecule has 1 amide bonds. The molecule has 1 aromatic heterocycles. The summed E-state index contributed by atoms with van der Waals surface area (Å²) in [6.07, 6.45) is 5.05. The van der Waals surface area contributed by atoms with Crippen molar-refractivity contribution in [3.8, 4) is 0 Å². The van der Waals surface area contributed by atoms with E-state index in [2.05, 4.69) is 40.9 Å². The molecule has 0 radical (unpaired) electrons. The molecule has 2 aliphatic rings. The summed E-state index contributed by atoms with van der Waals surface area (Å²) in [5.41, 5.74) is 0.731. The smallest absolute Gasteiger partial charge is 0.251 e. The van der Waals surface area contributed by atoms with Crippen molar-refractivity contribution in [2.75, 3.05) is 37.6 Å². The maximum Gasteiger partial charge on any atom is 0.251 e. The fraction of sp³-hybridized carbons (Fsp3) is 0.700. The molecule has 2 aliphatic heterocycles. The van der Waals surface area contributed by atoms with Crippen LogP contribution < -0.4 is 10.2 Å². The first kappa shape index (κ1) is 18.2. The normalized spacial score (nSPS) is 22.6. The number of amides is 1. The van der Waals surface area contributed by atoms with Gasteiger partial charge in [-0.3, -0.25) is 4.79 Å². The third-order valence-electron chi connectivity index (χ3n) is 5.30. The van der Waals surface area contributed by atoms with E-state index in [-0.39, 0.29) is 5.91 Å². The predicted molar refractivity (Wildman–Crippen MR) is 102 cm³/mol. The fourth-order valence-corrected chi connectivity index (χ4v) is 3.92. The lowest BCUT2D eigenvalue weighted by Gasteiger charge is -2.33. The van der Waals surface area contributed by atoms with E-state index in [1.807, 2.05) is 12.1 Å². The standard InChI is InChI=1S/C20H32N4O/c1-15(2)13-23-9-6-18(7-10-23)22-20(25)17-4-8-21-19(12-17)24-11-5-16(3)14-24/h4,8,12,15-16,18H,5-7,9-11,13-14H2,1-3H3,(H,22,25). The lowest BCUT2D eigenvalue weighted by Crippen LogP contribution is -2.45. The third-order valence-corrected chi connectivity index (χ3v) is 5.30. The number of aromatic nitrogens is 1. The molecule has 5 heteroatoms. The molecule has 138 valence electrons. The summed E-state index contributed by atoms with van der Waals surface area (Å²) >= 11 is 0. The van der Waals surface area contributed by atoms with Gasteiger partial charge in [-0.15, -0.1) is 0 Å². The summed E-state index contributed by atoms with van der Waals surface area (Å²) in [5.74, 6) is 2.38. The van der Waals surface area contributed by atoms with E-state index in [0.29, 0.717) is 17.9 Å². The van der Waals surface area contributed by atoms with Crippen molar-refractivity contribution in [2.24, 2.45) is 11.8 Å². The molecule has 1 unspecified atom stereocenters. The van der Waals surface area contributed by atoms with Crippen molar-refractivity contribution in [3.05, 3.63) is 23.9 Å². The highest BCUT2D eigenvalue weighted by molar-refractivity contribution is 5.95. The van der Waals surface area contributed by atoms with Crippen LogP contribution in [-0.2, 0) is 0 Å². The summed E-state index contributed by atoms with van der Waals surface area (Å²) in [7, 11) is 0. The minimum atomic E-state index is 0.0400. The number of nitrogens with zero attached hydrogens (tertiary/aromatic N) is 3. The first-order valence-electron chi connectivity index (χ1n) is 9.75. The van der Waals surface area contributed by atoms with Crippen LogP contribution in [0.3, 0.4) is 0 Å². The van der Waals surface area contributed by atoms with E-state index in [0.717, 1.165) is 56.9 Å². The van der Waals surface area contributed by atoms with Gasteiger partial charge in [0.2, 0.25) is 0 Å². The summed E-state index contributed by atoms with van der Waals surface area (Å²) in [6, 6.07) is 4.06. The van der Waals surface area contributed by atoms with Gasteiger partial charge in [0.1, 0.15) is 5.82 Å². The molecule has 1 aromatic rings. The molecule has 0 aromatic carbocycles. The van der Waals surface area contributed by atoms with Crippen LogP contribution in [0, 0.1) is 11.8 Å². The van der Waals surface area contributed by atoms with Gasteiger partial charge < -0.3 is 15.1 Å². The van der Waals surface area contributed by atoms with E-state index in [4.69, 9.17) is 0 Å². The SMILES string of the molecule is CC(C)CN1CCC(NC(=O)c2ccnc(N3CCC(C)C3)c2)CC1. The van der Waals surface area contributed by atoms with E-state index >= 15 is 0 Å². The molecule has 3 rings (SSSR count). The zero-order chi connectivity index (χ0) is 17.8. The highest BCUT2D eigenvalue weighted by atomic mass is 16.1. The Kier molecular flexibility index (Phi) is 5.94. The molecule has 0 saturated carbocycles. The summed E-state index contributed by atoms with van der Waals surface area (Å²) in [5, 5.41) is 3.22.